The van der Waals surface area contributed by atoms with E-state index in [0.717, 1.165) is 27.3 Å². The number of carbonyl (C=O) groups excluding carboxylic acids is 7. The number of unbranched alkanes of at least 4 members (excludes halogenated alkanes) is 3. The molecule has 404 valence electrons. The largest absolute Gasteiger partial charge is 0.445 e. The summed E-state index contributed by atoms with van der Waals surface area (Å²) in [5, 5.41) is 14.3. The van der Waals surface area contributed by atoms with Crippen LogP contribution < -0.4 is 43.0 Å². The van der Waals surface area contributed by atoms with Crippen LogP contribution in [-0.2, 0) is 52.9 Å². The molecule has 7 amide bonds. The molecule has 1 fully saturated rings. The number of anilines is 4. The molecule has 2 aliphatic heterocycles. The average molecular weight is 1050 g/mol. The van der Waals surface area contributed by atoms with Crippen molar-refractivity contribution in [1.29, 1.82) is 0 Å². The average Bonchev–Trinajstić information content (AvgIpc) is 3.77. The lowest BCUT2D eigenvalue weighted by Gasteiger charge is -2.30. The van der Waals surface area contributed by atoms with Gasteiger partial charge < -0.3 is 52.4 Å². The number of aryl methyl sites for hydroxylation is 1. The second-order valence-electron chi connectivity index (χ2n) is 18.6. The van der Waals surface area contributed by atoms with Crippen LogP contribution in [0.2, 0.25) is 0 Å². The number of nitrogen functional groups attached to an aromatic ring is 1. The molecule has 2 aliphatic rings. The molecule has 0 aliphatic carbocycles. The molecule has 77 heavy (non-hydrogen) atoms. The lowest BCUT2D eigenvalue weighted by molar-refractivity contribution is -0.137. The van der Waals surface area contributed by atoms with Crippen molar-refractivity contribution in [3.05, 3.63) is 138 Å². The zero-order valence-corrected chi connectivity index (χ0v) is 42.9. The lowest BCUT2D eigenvalue weighted by Crippen LogP contribution is -2.53. The molecule has 2 aromatic heterocycles. The highest BCUT2D eigenvalue weighted by atomic mass is 16.5. The highest BCUT2D eigenvalue weighted by molar-refractivity contribution is 6.13. The van der Waals surface area contributed by atoms with Crippen molar-refractivity contribution in [3.63, 3.8) is 0 Å². The Kier molecular flexibility index (Phi) is 21.1. The molecule has 2 atom stereocenters. The van der Waals surface area contributed by atoms with Crippen molar-refractivity contribution in [1.82, 2.24) is 35.8 Å². The predicted molar refractivity (Wildman–Crippen MR) is 290 cm³/mol. The van der Waals surface area contributed by atoms with Crippen LogP contribution in [0.3, 0.4) is 0 Å². The topological polar surface area (TPSA) is 295 Å². The second-order valence-corrected chi connectivity index (χ2v) is 18.6. The number of carbonyl (C=O) groups is 7. The number of nitrogens with zero attached hydrogens (tertiary/aromatic N) is 5. The number of hydrogen-bond donors (Lipinski definition) is 7. The maximum Gasteiger partial charge on any atom is 0.407 e. The van der Waals surface area contributed by atoms with Gasteiger partial charge in [-0.3, -0.25) is 38.7 Å². The van der Waals surface area contributed by atoms with Gasteiger partial charge in [-0.2, -0.15) is 0 Å². The Bertz CT molecular complexity index is 2830. The fraction of sp³-hybridized carbons (Fsp3) is 0.357. The molecule has 0 saturated carbocycles. The number of pyridine rings is 1. The van der Waals surface area contributed by atoms with Gasteiger partial charge in [0.2, 0.25) is 17.7 Å². The van der Waals surface area contributed by atoms with Gasteiger partial charge in [-0.1, -0.05) is 73.2 Å². The zero-order chi connectivity index (χ0) is 54.4. The number of nitrogens with one attached hydrogen (secondary N) is 5. The molecule has 0 spiro atoms. The number of hydrogen-bond acceptors (Lipinski definition) is 15. The molecule has 21 heteroatoms. The third-order valence-corrected chi connectivity index (χ3v) is 12.9. The quantitative estimate of drug-likeness (QED) is 0.0274. The fourth-order valence-corrected chi connectivity index (χ4v) is 8.63. The Hall–Kier alpha value is -8.56. The van der Waals surface area contributed by atoms with E-state index in [9.17, 15) is 33.6 Å². The monoisotopic (exact) mass is 1050 g/mol. The maximum atomic E-state index is 13.9. The van der Waals surface area contributed by atoms with Crippen molar-refractivity contribution in [2.24, 2.45) is 5.73 Å². The first-order chi connectivity index (χ1) is 37.4. The van der Waals surface area contributed by atoms with E-state index >= 15 is 0 Å². The Morgan fingerprint density at radius 2 is 1.48 bits per heavy atom. The summed E-state index contributed by atoms with van der Waals surface area (Å²) in [5.41, 5.74) is 17.4. The molecular weight excluding hydrogens is 985 g/mol. The third kappa shape index (κ3) is 17.2. The molecule has 1 saturated heterocycles. The smallest absolute Gasteiger partial charge is 0.407 e. The maximum absolute atomic E-state index is 13.9. The molecule has 9 N–H and O–H groups in total. The Morgan fingerprint density at radius 3 is 2.22 bits per heavy atom. The molecule has 0 unspecified atom stereocenters. The number of aromatic nitrogens is 3. The highest BCUT2D eigenvalue weighted by Crippen LogP contribution is 2.27. The molecule has 5 aromatic rings. The summed E-state index contributed by atoms with van der Waals surface area (Å²) in [6, 6.07) is 23.6. The zero-order valence-electron chi connectivity index (χ0n) is 42.9. The number of morpholine rings is 1. The van der Waals surface area contributed by atoms with Gasteiger partial charge in [-0.15, -0.1) is 0 Å². The summed E-state index contributed by atoms with van der Waals surface area (Å²) in [6.07, 6.45) is 11.4. The van der Waals surface area contributed by atoms with E-state index in [4.69, 9.17) is 20.9 Å². The summed E-state index contributed by atoms with van der Waals surface area (Å²) >= 11 is 0. The first-order valence-corrected chi connectivity index (χ1v) is 25.9. The van der Waals surface area contributed by atoms with E-state index in [2.05, 4.69) is 46.4 Å². The standard InChI is InChI=1S/C56H66N12O9/c57-26-7-6-13-43(65-54(73)44(34-39-10-3-1-4-11-39)63-48(69)14-5-2-8-29-68-49(70)23-24-50(68)71)53(72)62-42-21-17-40(18-22-42)37-77-56(75)60-27-9-12-38-15-19-41(20-16-38)45-36-61-52(58)51(64-45)55(74)66-46-35-59-28-25-47(46)67-30-32-76-33-31-67/h1,3-4,10-11,15-25,28,35-36,43-44H,2,5-9,12-14,26-27,29-34,37,57H2,(H2,58,61)(H,60,75)(H,62,72)(H,63,69)(H,65,73)(H,66,74)/t43-,44-/m0/s1. The van der Waals surface area contributed by atoms with Gasteiger partial charge in [-0.05, 0) is 86.4 Å². The van der Waals surface area contributed by atoms with Gasteiger partial charge in [0.25, 0.3) is 17.7 Å². The molecule has 4 heterocycles. The van der Waals surface area contributed by atoms with E-state index in [1.54, 1.807) is 36.7 Å². The van der Waals surface area contributed by atoms with Crippen molar-refractivity contribution in [2.75, 3.05) is 67.2 Å². The normalized spacial score (nSPS) is 13.9. The van der Waals surface area contributed by atoms with Crippen LogP contribution >= 0.6 is 0 Å². The summed E-state index contributed by atoms with van der Waals surface area (Å²) < 4.78 is 10.9. The Morgan fingerprint density at radius 1 is 0.740 bits per heavy atom. The van der Waals surface area contributed by atoms with Gasteiger partial charge in [0.15, 0.2) is 11.5 Å². The molecule has 0 radical (unpaired) electrons. The number of benzene rings is 3. The van der Waals surface area contributed by atoms with Gasteiger partial charge in [0.1, 0.15) is 18.7 Å². The molecule has 7 rings (SSSR count). The molecular formula is C56H66N12O9. The van der Waals surface area contributed by atoms with Crippen LogP contribution in [-0.4, -0.2) is 119 Å². The minimum Gasteiger partial charge on any atom is -0.445 e. The van der Waals surface area contributed by atoms with Crippen molar-refractivity contribution in [3.8, 4) is 11.3 Å². The van der Waals surface area contributed by atoms with Crippen LogP contribution in [0.15, 0.2) is 116 Å². The number of imide groups is 1. The summed E-state index contributed by atoms with van der Waals surface area (Å²) in [6.45, 7) is 3.58. The number of nitrogens with two attached hydrogens (primary N) is 2. The number of alkyl carbamates (subject to hydrolysis) is 1. The van der Waals surface area contributed by atoms with E-state index < -0.39 is 35.9 Å². The van der Waals surface area contributed by atoms with Crippen LogP contribution in [0.4, 0.5) is 27.7 Å². The van der Waals surface area contributed by atoms with Crippen LogP contribution in [0.1, 0.15) is 78.5 Å². The van der Waals surface area contributed by atoms with Gasteiger partial charge in [-0.25, -0.2) is 14.8 Å². The lowest BCUT2D eigenvalue weighted by atomic mass is 10.0. The number of amides is 7. The third-order valence-electron chi connectivity index (χ3n) is 12.9. The summed E-state index contributed by atoms with van der Waals surface area (Å²) in [5.74, 6) is -2.50. The Labute approximate surface area is 447 Å². The minimum absolute atomic E-state index is 0.000393. The molecule has 21 nitrogen and oxygen atoms in total. The van der Waals surface area contributed by atoms with E-state index in [-0.39, 0.29) is 55.2 Å². The van der Waals surface area contributed by atoms with Crippen molar-refractivity contribution in [2.45, 2.75) is 82.9 Å². The predicted octanol–water partition coefficient (Wildman–Crippen LogP) is 4.83. The van der Waals surface area contributed by atoms with Crippen LogP contribution in [0.5, 0.6) is 0 Å². The van der Waals surface area contributed by atoms with Crippen molar-refractivity contribution < 1.29 is 43.0 Å². The van der Waals surface area contributed by atoms with Gasteiger partial charge in [0, 0.05) is 68.6 Å². The Balaban J connectivity index is 0.834. The van der Waals surface area contributed by atoms with Gasteiger partial charge in [0.05, 0.1) is 42.7 Å². The SMILES string of the molecule is NCCCC[C@H](NC(=O)[C@H](Cc1ccccc1)NC(=O)CCCCCN1C(=O)C=CC1=O)C(=O)Nc1ccc(COC(=O)NCCCc2ccc(-c3cnc(N)c(C(=O)Nc4cnccc4N4CCOCC4)n3)cc2)cc1. The summed E-state index contributed by atoms with van der Waals surface area (Å²) in [4.78, 5) is 107. The number of rotatable bonds is 27. The summed E-state index contributed by atoms with van der Waals surface area (Å²) in [7, 11) is 0. The molecule has 0 bridgehead atoms. The van der Waals surface area contributed by atoms with E-state index in [1.807, 2.05) is 60.7 Å². The van der Waals surface area contributed by atoms with Gasteiger partial charge >= 0.3 is 6.09 Å². The van der Waals surface area contributed by atoms with Crippen molar-refractivity contribution >= 4 is 64.4 Å². The van der Waals surface area contributed by atoms with Crippen LogP contribution in [0.25, 0.3) is 11.3 Å². The minimum atomic E-state index is -0.971. The van der Waals surface area contributed by atoms with E-state index in [1.165, 1.54) is 18.3 Å². The fourth-order valence-electron chi connectivity index (χ4n) is 8.63. The highest BCUT2D eigenvalue weighted by Gasteiger charge is 2.28. The number of ether oxygens (including phenoxy) is 2. The molecule has 3 aromatic carbocycles. The second kappa shape index (κ2) is 28.9. The van der Waals surface area contributed by atoms with E-state index in [0.29, 0.717) is 113 Å². The van der Waals surface area contributed by atoms with Crippen LogP contribution in [0, 0.1) is 0 Å². The first-order valence-electron chi connectivity index (χ1n) is 25.9. The first kappa shape index (κ1) is 56.2.